The Kier molecular flexibility index (Phi) is 2.37. The SMILES string of the molecule is CC1CCCC2(C1)NCCc1sccc12. The monoisotopic (exact) mass is 221 g/mol. The summed E-state index contributed by atoms with van der Waals surface area (Å²) in [5, 5.41) is 6.09. The molecule has 1 nitrogen and oxygen atoms in total. The van der Waals surface area contributed by atoms with E-state index in [4.69, 9.17) is 0 Å². The molecule has 1 aliphatic carbocycles. The van der Waals surface area contributed by atoms with Crippen molar-refractivity contribution in [3.05, 3.63) is 21.9 Å². The van der Waals surface area contributed by atoms with Crippen molar-refractivity contribution in [3.63, 3.8) is 0 Å². The smallest absolute Gasteiger partial charge is 0.0448 e. The van der Waals surface area contributed by atoms with Crippen LogP contribution in [0.5, 0.6) is 0 Å². The van der Waals surface area contributed by atoms with E-state index in [9.17, 15) is 0 Å². The minimum Gasteiger partial charge on any atom is -0.307 e. The van der Waals surface area contributed by atoms with E-state index in [-0.39, 0.29) is 0 Å². The minimum absolute atomic E-state index is 0.352. The third kappa shape index (κ3) is 1.55. The van der Waals surface area contributed by atoms with E-state index in [0.29, 0.717) is 5.54 Å². The number of rotatable bonds is 0. The van der Waals surface area contributed by atoms with Gasteiger partial charge in [-0.3, -0.25) is 0 Å². The van der Waals surface area contributed by atoms with Gasteiger partial charge in [-0.2, -0.15) is 0 Å². The maximum Gasteiger partial charge on any atom is 0.0448 e. The van der Waals surface area contributed by atoms with Crippen molar-refractivity contribution in [2.45, 2.75) is 44.6 Å². The number of hydrogen-bond donors (Lipinski definition) is 1. The summed E-state index contributed by atoms with van der Waals surface area (Å²) in [5.74, 6) is 0.886. The van der Waals surface area contributed by atoms with Crippen LogP contribution in [0.1, 0.15) is 43.0 Å². The molecule has 0 radical (unpaired) electrons. The highest BCUT2D eigenvalue weighted by Crippen LogP contribution is 2.44. The molecule has 0 saturated heterocycles. The van der Waals surface area contributed by atoms with Crippen LogP contribution >= 0.6 is 11.3 Å². The van der Waals surface area contributed by atoms with Crippen molar-refractivity contribution in [3.8, 4) is 0 Å². The van der Waals surface area contributed by atoms with Gasteiger partial charge in [0.1, 0.15) is 0 Å². The fourth-order valence-electron chi connectivity index (χ4n) is 3.43. The van der Waals surface area contributed by atoms with Gasteiger partial charge in [0, 0.05) is 17.0 Å². The van der Waals surface area contributed by atoms with Gasteiger partial charge in [0.2, 0.25) is 0 Å². The van der Waals surface area contributed by atoms with E-state index in [0.717, 1.165) is 5.92 Å². The summed E-state index contributed by atoms with van der Waals surface area (Å²) in [4.78, 5) is 1.64. The third-order valence-corrected chi connectivity index (χ3v) is 5.05. The van der Waals surface area contributed by atoms with Crippen molar-refractivity contribution < 1.29 is 0 Å². The Hall–Kier alpha value is -0.340. The second-order valence-corrected chi connectivity index (χ2v) is 6.22. The Bertz CT molecular complexity index is 357. The normalized spacial score (nSPS) is 35.4. The van der Waals surface area contributed by atoms with E-state index >= 15 is 0 Å². The molecule has 0 amide bonds. The van der Waals surface area contributed by atoms with E-state index in [1.165, 1.54) is 38.6 Å². The lowest BCUT2D eigenvalue weighted by molar-refractivity contribution is 0.180. The fourth-order valence-corrected chi connectivity index (χ4v) is 4.41. The van der Waals surface area contributed by atoms with Gasteiger partial charge < -0.3 is 5.32 Å². The predicted octanol–water partition coefficient (Wildman–Crippen LogP) is 3.30. The van der Waals surface area contributed by atoms with Crippen LogP contribution in [0.4, 0.5) is 0 Å². The molecule has 1 fully saturated rings. The Morgan fingerprint density at radius 3 is 3.33 bits per heavy atom. The second-order valence-electron chi connectivity index (χ2n) is 5.22. The first-order valence-electron chi connectivity index (χ1n) is 6.12. The molecule has 2 heteroatoms. The summed E-state index contributed by atoms with van der Waals surface area (Å²) in [6, 6.07) is 2.37. The first-order chi connectivity index (χ1) is 7.30. The first-order valence-corrected chi connectivity index (χ1v) is 7.00. The van der Waals surface area contributed by atoms with Crippen molar-refractivity contribution in [1.82, 2.24) is 5.32 Å². The third-order valence-electron chi connectivity index (χ3n) is 4.07. The highest BCUT2D eigenvalue weighted by atomic mass is 32.1. The average Bonchev–Trinajstić information content (AvgIpc) is 2.67. The van der Waals surface area contributed by atoms with Gasteiger partial charge in [0.25, 0.3) is 0 Å². The van der Waals surface area contributed by atoms with Gasteiger partial charge in [-0.05, 0) is 42.2 Å². The van der Waals surface area contributed by atoms with Crippen LogP contribution in [0.2, 0.25) is 0 Å². The number of fused-ring (bicyclic) bond motifs is 2. The lowest BCUT2D eigenvalue weighted by Crippen LogP contribution is -2.49. The van der Waals surface area contributed by atoms with E-state index in [2.05, 4.69) is 23.7 Å². The Labute approximate surface area is 95.9 Å². The maximum absolute atomic E-state index is 3.81. The van der Waals surface area contributed by atoms with Gasteiger partial charge in [-0.1, -0.05) is 19.8 Å². The van der Waals surface area contributed by atoms with Crippen molar-refractivity contribution in [1.29, 1.82) is 0 Å². The zero-order valence-corrected chi connectivity index (χ0v) is 10.2. The summed E-state index contributed by atoms with van der Waals surface area (Å²) in [7, 11) is 0. The summed E-state index contributed by atoms with van der Waals surface area (Å²) in [5.41, 5.74) is 1.98. The standard InChI is InChI=1S/C13H19NS/c1-10-3-2-6-13(9-10)11-5-8-15-12(11)4-7-14-13/h5,8,10,14H,2-4,6-7,9H2,1H3. The van der Waals surface area contributed by atoms with Crippen molar-refractivity contribution >= 4 is 11.3 Å². The number of thiophene rings is 1. The summed E-state index contributed by atoms with van der Waals surface area (Å²) >= 11 is 1.95. The quantitative estimate of drug-likeness (QED) is 0.709. The molecule has 1 aromatic heterocycles. The largest absolute Gasteiger partial charge is 0.307 e. The molecule has 2 aliphatic rings. The molecule has 1 spiro atoms. The van der Waals surface area contributed by atoms with Gasteiger partial charge in [0.05, 0.1) is 0 Å². The minimum atomic E-state index is 0.352. The molecule has 2 heterocycles. The predicted molar refractivity (Wildman–Crippen MR) is 65.3 cm³/mol. The van der Waals surface area contributed by atoms with Gasteiger partial charge in [-0.15, -0.1) is 11.3 Å². The Morgan fingerprint density at radius 2 is 2.47 bits per heavy atom. The highest BCUT2D eigenvalue weighted by molar-refractivity contribution is 7.10. The number of nitrogens with one attached hydrogen (secondary N) is 1. The molecule has 1 aliphatic heterocycles. The van der Waals surface area contributed by atoms with Crippen LogP contribution in [-0.2, 0) is 12.0 Å². The van der Waals surface area contributed by atoms with Crippen molar-refractivity contribution in [2.75, 3.05) is 6.54 Å². The molecule has 1 N–H and O–H groups in total. The van der Waals surface area contributed by atoms with Gasteiger partial charge in [0.15, 0.2) is 0 Å². The fraction of sp³-hybridized carbons (Fsp3) is 0.692. The molecule has 2 unspecified atom stereocenters. The zero-order valence-electron chi connectivity index (χ0n) is 9.38. The highest BCUT2D eigenvalue weighted by Gasteiger charge is 2.39. The maximum atomic E-state index is 3.81. The molecule has 1 saturated carbocycles. The van der Waals surface area contributed by atoms with E-state index in [1.54, 1.807) is 10.4 Å². The molecule has 0 bridgehead atoms. The van der Waals surface area contributed by atoms with Crippen LogP contribution in [-0.4, -0.2) is 6.54 Å². The van der Waals surface area contributed by atoms with E-state index in [1.807, 2.05) is 11.3 Å². The van der Waals surface area contributed by atoms with Crippen molar-refractivity contribution in [2.24, 2.45) is 5.92 Å². The molecule has 82 valence electrons. The average molecular weight is 221 g/mol. The van der Waals surface area contributed by atoms with Crippen LogP contribution in [0.25, 0.3) is 0 Å². The van der Waals surface area contributed by atoms with Gasteiger partial charge in [-0.25, -0.2) is 0 Å². The van der Waals surface area contributed by atoms with Gasteiger partial charge >= 0.3 is 0 Å². The van der Waals surface area contributed by atoms with Crippen LogP contribution in [0, 0.1) is 5.92 Å². The van der Waals surface area contributed by atoms with Crippen LogP contribution in [0.15, 0.2) is 11.4 Å². The molecule has 0 aromatic carbocycles. The van der Waals surface area contributed by atoms with E-state index < -0.39 is 0 Å². The lowest BCUT2D eigenvalue weighted by atomic mass is 9.71. The Morgan fingerprint density at radius 1 is 1.53 bits per heavy atom. The number of hydrogen-bond acceptors (Lipinski definition) is 2. The van der Waals surface area contributed by atoms with Crippen LogP contribution < -0.4 is 5.32 Å². The summed E-state index contributed by atoms with van der Waals surface area (Å²) < 4.78 is 0. The molecular formula is C13H19NS. The first kappa shape index (κ1) is 9.86. The summed E-state index contributed by atoms with van der Waals surface area (Å²) in [6.07, 6.45) is 6.74. The topological polar surface area (TPSA) is 12.0 Å². The molecule has 2 atom stereocenters. The molecule has 3 rings (SSSR count). The second kappa shape index (κ2) is 3.60. The molecule has 15 heavy (non-hydrogen) atoms. The van der Waals surface area contributed by atoms with Crippen LogP contribution in [0.3, 0.4) is 0 Å². The molecule has 1 aromatic rings. The molecular weight excluding hydrogens is 202 g/mol. The lowest BCUT2D eigenvalue weighted by Gasteiger charge is -2.44. The zero-order chi connectivity index (χ0) is 10.3. The summed E-state index contributed by atoms with van der Waals surface area (Å²) in [6.45, 7) is 3.59. The Balaban J connectivity index is 1.99.